The van der Waals surface area contributed by atoms with Crippen LogP contribution in [0.2, 0.25) is 0 Å². The first-order valence-electron chi connectivity index (χ1n) is 7.40. The van der Waals surface area contributed by atoms with Gasteiger partial charge < -0.3 is 9.64 Å². The van der Waals surface area contributed by atoms with Crippen molar-refractivity contribution >= 4 is 28.5 Å². The number of likely N-dealkylation sites (tertiary alicyclic amines) is 1. The number of benzene rings is 2. The SMILES string of the molecule is COc1cccc([C@@H]2CCCN2C(=O)c2ccccc2I)c1. The number of methoxy groups -OCH3 is 1. The molecule has 2 aromatic carbocycles. The van der Waals surface area contributed by atoms with E-state index >= 15 is 0 Å². The highest BCUT2D eigenvalue weighted by Crippen LogP contribution is 2.34. The van der Waals surface area contributed by atoms with Gasteiger partial charge in [0.25, 0.3) is 5.91 Å². The van der Waals surface area contributed by atoms with E-state index in [4.69, 9.17) is 4.74 Å². The average Bonchev–Trinajstić information content (AvgIpc) is 3.04. The summed E-state index contributed by atoms with van der Waals surface area (Å²) in [6.45, 7) is 0.811. The van der Waals surface area contributed by atoms with Crippen LogP contribution in [0.1, 0.15) is 34.8 Å². The Bertz CT molecular complexity index is 686. The third-order valence-electron chi connectivity index (χ3n) is 4.10. The quantitative estimate of drug-likeness (QED) is 0.712. The first-order chi connectivity index (χ1) is 10.7. The molecule has 1 saturated heterocycles. The van der Waals surface area contributed by atoms with Gasteiger partial charge in [0, 0.05) is 10.1 Å². The molecular formula is C18H18INO2. The molecule has 3 nitrogen and oxygen atoms in total. The van der Waals surface area contributed by atoms with E-state index in [1.54, 1.807) is 7.11 Å². The number of nitrogens with zero attached hydrogens (tertiary/aromatic N) is 1. The van der Waals surface area contributed by atoms with Crippen LogP contribution in [0.25, 0.3) is 0 Å². The summed E-state index contributed by atoms with van der Waals surface area (Å²) in [5.41, 5.74) is 1.94. The van der Waals surface area contributed by atoms with Crippen molar-refractivity contribution in [2.45, 2.75) is 18.9 Å². The zero-order chi connectivity index (χ0) is 15.5. The summed E-state index contributed by atoms with van der Waals surface area (Å²) in [5.74, 6) is 0.960. The minimum Gasteiger partial charge on any atom is -0.497 e. The monoisotopic (exact) mass is 407 g/mol. The van der Waals surface area contributed by atoms with Crippen LogP contribution in [0.3, 0.4) is 0 Å². The molecule has 2 aromatic rings. The maximum absolute atomic E-state index is 12.9. The summed E-state index contributed by atoms with van der Waals surface area (Å²) in [7, 11) is 1.67. The van der Waals surface area contributed by atoms with Crippen molar-refractivity contribution in [1.29, 1.82) is 0 Å². The van der Waals surface area contributed by atoms with Crippen LogP contribution in [0.4, 0.5) is 0 Å². The summed E-state index contributed by atoms with van der Waals surface area (Å²) in [4.78, 5) is 14.9. The Morgan fingerprint density at radius 3 is 2.82 bits per heavy atom. The Labute approximate surface area is 144 Å². The molecule has 4 heteroatoms. The van der Waals surface area contributed by atoms with E-state index in [1.165, 1.54) is 0 Å². The van der Waals surface area contributed by atoms with Crippen LogP contribution in [0.15, 0.2) is 48.5 Å². The lowest BCUT2D eigenvalue weighted by molar-refractivity contribution is 0.0734. The number of carbonyl (C=O) groups excluding carboxylic acids is 1. The van der Waals surface area contributed by atoms with Crippen LogP contribution in [0.5, 0.6) is 5.75 Å². The van der Waals surface area contributed by atoms with Gasteiger partial charge in [0.2, 0.25) is 0 Å². The van der Waals surface area contributed by atoms with Crippen molar-refractivity contribution in [3.05, 3.63) is 63.2 Å². The van der Waals surface area contributed by atoms with Crippen LogP contribution < -0.4 is 4.74 Å². The number of halogens is 1. The van der Waals surface area contributed by atoms with E-state index in [1.807, 2.05) is 47.4 Å². The molecule has 0 saturated carbocycles. The van der Waals surface area contributed by atoms with Crippen LogP contribution in [-0.4, -0.2) is 24.5 Å². The van der Waals surface area contributed by atoms with Gasteiger partial charge in [-0.25, -0.2) is 0 Å². The van der Waals surface area contributed by atoms with Gasteiger partial charge in [-0.15, -0.1) is 0 Å². The topological polar surface area (TPSA) is 29.5 Å². The fraction of sp³-hybridized carbons (Fsp3) is 0.278. The molecule has 1 aliphatic heterocycles. The number of hydrogen-bond acceptors (Lipinski definition) is 2. The molecule has 3 rings (SSSR count). The van der Waals surface area contributed by atoms with Crippen LogP contribution in [0, 0.1) is 3.57 Å². The molecule has 0 bridgehead atoms. The van der Waals surface area contributed by atoms with Gasteiger partial charge >= 0.3 is 0 Å². The minimum absolute atomic E-state index is 0.121. The van der Waals surface area contributed by atoms with E-state index in [0.29, 0.717) is 0 Å². The number of rotatable bonds is 3. The van der Waals surface area contributed by atoms with Gasteiger partial charge in [-0.2, -0.15) is 0 Å². The predicted molar refractivity (Wildman–Crippen MR) is 95.2 cm³/mol. The van der Waals surface area contributed by atoms with Gasteiger partial charge in [0.1, 0.15) is 5.75 Å². The van der Waals surface area contributed by atoms with Gasteiger partial charge in [-0.05, 0) is 65.3 Å². The highest BCUT2D eigenvalue weighted by atomic mass is 127. The molecule has 1 atom stereocenters. The predicted octanol–water partition coefficient (Wildman–Crippen LogP) is 4.28. The summed E-state index contributed by atoms with van der Waals surface area (Å²) in [6, 6.07) is 15.9. The van der Waals surface area contributed by atoms with Crippen LogP contribution >= 0.6 is 22.6 Å². The summed E-state index contributed by atoms with van der Waals surface area (Å²) >= 11 is 2.23. The molecule has 0 unspecified atom stereocenters. The Balaban J connectivity index is 1.90. The van der Waals surface area contributed by atoms with Crippen molar-refractivity contribution in [1.82, 2.24) is 4.90 Å². The second kappa shape index (κ2) is 6.69. The summed E-state index contributed by atoms with van der Waals surface area (Å²) in [5, 5.41) is 0. The van der Waals surface area contributed by atoms with Crippen molar-refractivity contribution in [2.24, 2.45) is 0 Å². The fourth-order valence-electron chi connectivity index (χ4n) is 2.99. The van der Waals surface area contributed by atoms with Gasteiger partial charge in [0.15, 0.2) is 0 Å². The highest BCUT2D eigenvalue weighted by molar-refractivity contribution is 14.1. The lowest BCUT2D eigenvalue weighted by Crippen LogP contribution is -2.31. The molecule has 1 aliphatic rings. The molecular weight excluding hydrogens is 389 g/mol. The van der Waals surface area contributed by atoms with Crippen molar-refractivity contribution in [2.75, 3.05) is 13.7 Å². The van der Waals surface area contributed by atoms with E-state index in [0.717, 1.165) is 39.8 Å². The number of carbonyl (C=O) groups is 1. The lowest BCUT2D eigenvalue weighted by Gasteiger charge is -2.26. The first kappa shape index (κ1) is 15.3. The summed E-state index contributed by atoms with van der Waals surface area (Å²) in [6.07, 6.45) is 2.04. The van der Waals surface area contributed by atoms with Crippen molar-refractivity contribution in [3.63, 3.8) is 0 Å². The number of hydrogen-bond donors (Lipinski definition) is 0. The Morgan fingerprint density at radius 1 is 1.23 bits per heavy atom. The molecule has 114 valence electrons. The molecule has 1 fully saturated rings. The zero-order valence-corrected chi connectivity index (χ0v) is 14.6. The van der Waals surface area contributed by atoms with E-state index in [9.17, 15) is 4.79 Å². The molecule has 0 N–H and O–H groups in total. The lowest BCUT2D eigenvalue weighted by atomic mass is 10.0. The standard InChI is InChI=1S/C18H18INO2/c1-22-14-7-4-6-13(12-14)17-10-5-11-20(17)18(21)15-8-2-3-9-16(15)19/h2-4,6-9,12,17H,5,10-11H2,1H3/t17-/m0/s1. The van der Waals surface area contributed by atoms with E-state index in [2.05, 4.69) is 28.7 Å². The smallest absolute Gasteiger partial charge is 0.255 e. The molecule has 0 aliphatic carbocycles. The second-order valence-electron chi connectivity index (χ2n) is 5.41. The van der Waals surface area contributed by atoms with Crippen molar-refractivity contribution in [3.8, 4) is 5.75 Å². The number of amides is 1. The van der Waals surface area contributed by atoms with Gasteiger partial charge in [0.05, 0.1) is 18.7 Å². The third-order valence-corrected chi connectivity index (χ3v) is 5.04. The Morgan fingerprint density at radius 2 is 2.05 bits per heavy atom. The normalized spacial score (nSPS) is 17.5. The number of ether oxygens (including phenoxy) is 1. The van der Waals surface area contributed by atoms with E-state index in [-0.39, 0.29) is 11.9 Å². The molecule has 1 amide bonds. The molecule has 22 heavy (non-hydrogen) atoms. The van der Waals surface area contributed by atoms with Gasteiger partial charge in [-0.1, -0.05) is 24.3 Å². The molecule has 0 spiro atoms. The van der Waals surface area contributed by atoms with Gasteiger partial charge in [-0.3, -0.25) is 4.79 Å². The summed E-state index contributed by atoms with van der Waals surface area (Å²) < 4.78 is 6.31. The first-order valence-corrected chi connectivity index (χ1v) is 8.48. The zero-order valence-electron chi connectivity index (χ0n) is 12.5. The largest absolute Gasteiger partial charge is 0.497 e. The molecule has 0 radical (unpaired) electrons. The average molecular weight is 407 g/mol. The highest BCUT2D eigenvalue weighted by Gasteiger charge is 2.31. The van der Waals surface area contributed by atoms with E-state index < -0.39 is 0 Å². The minimum atomic E-state index is 0.121. The molecule has 1 heterocycles. The van der Waals surface area contributed by atoms with Crippen LogP contribution in [-0.2, 0) is 0 Å². The Hall–Kier alpha value is -1.56. The third kappa shape index (κ3) is 2.97. The second-order valence-corrected chi connectivity index (χ2v) is 6.58. The fourth-order valence-corrected chi connectivity index (χ4v) is 3.61. The maximum Gasteiger partial charge on any atom is 0.255 e. The maximum atomic E-state index is 12.9. The van der Waals surface area contributed by atoms with Crippen molar-refractivity contribution < 1.29 is 9.53 Å². The molecule has 0 aromatic heterocycles. The Kier molecular flexibility index (Phi) is 4.66.